The lowest BCUT2D eigenvalue weighted by atomic mass is 9.87. The number of rotatable bonds is 4. The molecule has 1 fully saturated rings. The summed E-state index contributed by atoms with van der Waals surface area (Å²) in [4.78, 5) is 11.8. The Morgan fingerprint density at radius 2 is 1.86 bits per heavy atom. The first kappa shape index (κ1) is 11.5. The molecule has 1 aliphatic carbocycles. The summed E-state index contributed by atoms with van der Waals surface area (Å²) in [7, 11) is 0. The van der Waals surface area contributed by atoms with E-state index in [2.05, 4.69) is 5.32 Å². The fourth-order valence-corrected chi connectivity index (χ4v) is 1.89. The molecule has 0 spiro atoms. The molecule has 0 heterocycles. The zero-order valence-corrected chi connectivity index (χ0v) is 8.62. The van der Waals surface area contributed by atoms with Crippen molar-refractivity contribution in [3.63, 3.8) is 0 Å². The van der Waals surface area contributed by atoms with Gasteiger partial charge in [0, 0.05) is 5.41 Å². The molecule has 0 aliphatic heterocycles. The van der Waals surface area contributed by atoms with Gasteiger partial charge in [0.25, 0.3) is 0 Å². The van der Waals surface area contributed by atoms with E-state index < -0.39 is 6.04 Å². The summed E-state index contributed by atoms with van der Waals surface area (Å²) in [6, 6.07) is -0.514. The van der Waals surface area contributed by atoms with Crippen LogP contribution in [0.4, 0.5) is 0 Å². The van der Waals surface area contributed by atoms with E-state index >= 15 is 0 Å². The minimum absolute atomic E-state index is 0.0388. The summed E-state index contributed by atoms with van der Waals surface area (Å²) in [6.07, 6.45) is 3.99. The normalized spacial score (nSPS) is 20.0. The van der Waals surface area contributed by atoms with E-state index in [1.54, 1.807) is 0 Å². The molecular formula is C10H19NO3. The van der Waals surface area contributed by atoms with Crippen molar-refractivity contribution in [1.29, 1.82) is 0 Å². The monoisotopic (exact) mass is 201 g/mol. The molecule has 0 aromatic carbocycles. The molecule has 1 saturated carbocycles. The molecule has 14 heavy (non-hydrogen) atoms. The van der Waals surface area contributed by atoms with Crippen molar-refractivity contribution >= 4 is 5.91 Å². The minimum Gasteiger partial charge on any atom is -0.394 e. The third kappa shape index (κ3) is 2.45. The van der Waals surface area contributed by atoms with E-state index in [0.717, 1.165) is 25.7 Å². The second-order valence-corrected chi connectivity index (χ2v) is 4.30. The first-order valence-electron chi connectivity index (χ1n) is 5.15. The summed E-state index contributed by atoms with van der Waals surface area (Å²) < 4.78 is 0. The molecule has 0 aromatic rings. The number of nitrogens with one attached hydrogen (secondary N) is 1. The molecule has 0 saturated heterocycles. The van der Waals surface area contributed by atoms with Crippen LogP contribution in [0.5, 0.6) is 0 Å². The molecule has 1 aliphatic rings. The number of amides is 1. The maximum atomic E-state index is 11.8. The third-order valence-corrected chi connectivity index (χ3v) is 3.03. The highest BCUT2D eigenvalue weighted by Crippen LogP contribution is 2.37. The fourth-order valence-electron chi connectivity index (χ4n) is 1.89. The van der Waals surface area contributed by atoms with Crippen molar-refractivity contribution < 1.29 is 15.0 Å². The number of hydrogen-bond acceptors (Lipinski definition) is 3. The van der Waals surface area contributed by atoms with Crippen LogP contribution in [-0.2, 0) is 4.79 Å². The van der Waals surface area contributed by atoms with Crippen LogP contribution in [0.15, 0.2) is 0 Å². The first-order valence-corrected chi connectivity index (χ1v) is 5.15. The van der Waals surface area contributed by atoms with Crippen LogP contribution in [0.3, 0.4) is 0 Å². The van der Waals surface area contributed by atoms with Crippen LogP contribution >= 0.6 is 0 Å². The minimum atomic E-state index is -0.514. The number of aliphatic hydroxyl groups excluding tert-OH is 2. The Hall–Kier alpha value is -0.610. The predicted molar refractivity (Wildman–Crippen MR) is 52.7 cm³/mol. The highest BCUT2D eigenvalue weighted by molar-refractivity contribution is 5.82. The van der Waals surface area contributed by atoms with Crippen LogP contribution in [0, 0.1) is 5.41 Å². The standard InChI is InChI=1S/C10H19NO3/c1-10(4-2-3-5-10)9(14)11-8(6-12)7-13/h8,12-13H,2-7H2,1H3,(H,11,14). The molecule has 0 bridgehead atoms. The Morgan fingerprint density at radius 3 is 2.29 bits per heavy atom. The summed E-state index contributed by atoms with van der Waals surface area (Å²) in [5.41, 5.74) is -0.289. The highest BCUT2D eigenvalue weighted by atomic mass is 16.3. The van der Waals surface area contributed by atoms with Crippen molar-refractivity contribution in [1.82, 2.24) is 5.32 Å². The predicted octanol–water partition coefficient (Wildman–Crippen LogP) is 0.0361. The van der Waals surface area contributed by atoms with Gasteiger partial charge in [-0.3, -0.25) is 4.79 Å². The van der Waals surface area contributed by atoms with E-state index in [9.17, 15) is 4.79 Å². The molecule has 3 N–H and O–H groups in total. The van der Waals surface area contributed by atoms with Crippen LogP contribution in [0.1, 0.15) is 32.6 Å². The summed E-state index contributed by atoms with van der Waals surface area (Å²) in [6.45, 7) is 1.53. The van der Waals surface area contributed by atoms with Gasteiger partial charge < -0.3 is 15.5 Å². The van der Waals surface area contributed by atoms with Crippen molar-refractivity contribution in [2.24, 2.45) is 5.41 Å². The summed E-state index contributed by atoms with van der Waals surface area (Å²) in [5.74, 6) is -0.0388. The molecule has 1 amide bonds. The lowest BCUT2D eigenvalue weighted by Gasteiger charge is -2.25. The number of carbonyl (C=O) groups excluding carboxylic acids is 1. The van der Waals surface area contributed by atoms with Gasteiger partial charge in [-0.05, 0) is 12.8 Å². The highest BCUT2D eigenvalue weighted by Gasteiger charge is 2.36. The molecular weight excluding hydrogens is 182 g/mol. The van der Waals surface area contributed by atoms with Gasteiger partial charge in [0.2, 0.25) is 5.91 Å². The lowest BCUT2D eigenvalue weighted by molar-refractivity contribution is -0.131. The molecule has 0 radical (unpaired) electrons. The number of aliphatic hydroxyl groups is 2. The third-order valence-electron chi connectivity index (χ3n) is 3.03. The second kappa shape index (κ2) is 4.75. The number of carbonyl (C=O) groups is 1. The van der Waals surface area contributed by atoms with Crippen molar-refractivity contribution in [3.8, 4) is 0 Å². The largest absolute Gasteiger partial charge is 0.394 e. The van der Waals surface area contributed by atoms with Gasteiger partial charge in [-0.15, -0.1) is 0 Å². The quantitative estimate of drug-likeness (QED) is 0.601. The van der Waals surface area contributed by atoms with Crippen molar-refractivity contribution in [2.75, 3.05) is 13.2 Å². The average Bonchev–Trinajstić information content (AvgIpc) is 2.62. The van der Waals surface area contributed by atoms with Gasteiger partial charge in [0.05, 0.1) is 19.3 Å². The van der Waals surface area contributed by atoms with E-state index in [0.29, 0.717) is 0 Å². The van der Waals surface area contributed by atoms with E-state index in [1.165, 1.54) is 0 Å². The summed E-state index contributed by atoms with van der Waals surface area (Å²) in [5, 5.41) is 20.3. The zero-order chi connectivity index (χ0) is 10.6. The Labute approximate surface area is 84.3 Å². The molecule has 0 atom stereocenters. The van der Waals surface area contributed by atoms with E-state index in [-0.39, 0.29) is 24.5 Å². The molecule has 4 nitrogen and oxygen atoms in total. The molecule has 0 aromatic heterocycles. The van der Waals surface area contributed by atoms with Crippen LogP contribution in [-0.4, -0.2) is 35.4 Å². The summed E-state index contributed by atoms with van der Waals surface area (Å²) >= 11 is 0. The van der Waals surface area contributed by atoms with Crippen LogP contribution in [0.25, 0.3) is 0 Å². The molecule has 0 unspecified atom stereocenters. The smallest absolute Gasteiger partial charge is 0.226 e. The zero-order valence-electron chi connectivity index (χ0n) is 8.62. The van der Waals surface area contributed by atoms with Crippen molar-refractivity contribution in [3.05, 3.63) is 0 Å². The van der Waals surface area contributed by atoms with Crippen LogP contribution in [0.2, 0.25) is 0 Å². The molecule has 1 rings (SSSR count). The van der Waals surface area contributed by atoms with Gasteiger partial charge in [0.1, 0.15) is 0 Å². The van der Waals surface area contributed by atoms with Gasteiger partial charge in [-0.2, -0.15) is 0 Å². The topological polar surface area (TPSA) is 69.6 Å². The SMILES string of the molecule is CC1(C(=O)NC(CO)CO)CCCC1. The number of hydrogen-bond donors (Lipinski definition) is 3. The Balaban J connectivity index is 2.48. The first-order chi connectivity index (χ1) is 6.62. The van der Waals surface area contributed by atoms with Gasteiger partial charge >= 0.3 is 0 Å². The fraction of sp³-hybridized carbons (Fsp3) is 0.900. The Morgan fingerprint density at radius 1 is 1.36 bits per heavy atom. The van der Waals surface area contributed by atoms with Gasteiger partial charge in [0.15, 0.2) is 0 Å². The average molecular weight is 201 g/mol. The van der Waals surface area contributed by atoms with Gasteiger partial charge in [-0.25, -0.2) is 0 Å². The lowest BCUT2D eigenvalue weighted by Crippen LogP contribution is -2.46. The molecule has 4 heteroatoms. The second-order valence-electron chi connectivity index (χ2n) is 4.30. The molecule has 82 valence electrons. The van der Waals surface area contributed by atoms with Crippen molar-refractivity contribution in [2.45, 2.75) is 38.6 Å². The maximum absolute atomic E-state index is 11.8. The Kier molecular flexibility index (Phi) is 3.89. The van der Waals surface area contributed by atoms with Gasteiger partial charge in [-0.1, -0.05) is 19.8 Å². The van der Waals surface area contributed by atoms with E-state index in [1.807, 2.05) is 6.92 Å². The Bertz CT molecular complexity index is 196. The maximum Gasteiger partial charge on any atom is 0.226 e. The van der Waals surface area contributed by atoms with E-state index in [4.69, 9.17) is 10.2 Å². The van der Waals surface area contributed by atoms with Crippen LogP contribution < -0.4 is 5.32 Å².